The zero-order valence-corrected chi connectivity index (χ0v) is 5.91. The van der Waals surface area contributed by atoms with Crippen molar-refractivity contribution < 1.29 is 8.78 Å². The van der Waals surface area contributed by atoms with Gasteiger partial charge in [-0.1, -0.05) is 0 Å². The Labute approximate surface area is 58.1 Å². The van der Waals surface area contributed by atoms with Gasteiger partial charge in [0, 0.05) is 17.5 Å². The largest absolute Gasteiger partial charge is 0.365 e. The lowest BCUT2D eigenvalue weighted by molar-refractivity contribution is 0.150. The highest BCUT2D eigenvalue weighted by Crippen LogP contribution is 2.24. The molecule has 0 amide bonds. The van der Waals surface area contributed by atoms with Crippen molar-refractivity contribution in [2.24, 2.45) is 0 Å². The van der Waals surface area contributed by atoms with Crippen LogP contribution in [0, 0.1) is 13.8 Å². The number of halogens is 2. The third-order valence-electron chi connectivity index (χ3n) is 1.55. The molecule has 0 unspecified atom stereocenters. The van der Waals surface area contributed by atoms with Gasteiger partial charge < -0.3 is 4.98 Å². The topological polar surface area (TPSA) is 15.8 Å². The molecule has 1 heterocycles. The van der Waals surface area contributed by atoms with Crippen molar-refractivity contribution in [3.8, 4) is 0 Å². The first kappa shape index (κ1) is 7.25. The van der Waals surface area contributed by atoms with Gasteiger partial charge >= 0.3 is 0 Å². The summed E-state index contributed by atoms with van der Waals surface area (Å²) in [6, 6.07) is 0. The number of hydrogen-bond acceptors (Lipinski definition) is 0. The number of hydrogen-bond donors (Lipinski definition) is 1. The maximum absolute atomic E-state index is 12.1. The van der Waals surface area contributed by atoms with E-state index in [1.54, 1.807) is 20.0 Å². The van der Waals surface area contributed by atoms with Crippen molar-refractivity contribution in [1.29, 1.82) is 0 Å². The molecule has 10 heavy (non-hydrogen) atoms. The maximum Gasteiger partial charge on any atom is 0.265 e. The van der Waals surface area contributed by atoms with Gasteiger partial charge in [0.1, 0.15) is 0 Å². The zero-order valence-electron chi connectivity index (χ0n) is 5.91. The van der Waals surface area contributed by atoms with E-state index >= 15 is 0 Å². The van der Waals surface area contributed by atoms with Crippen molar-refractivity contribution in [3.05, 3.63) is 23.0 Å². The normalized spacial score (nSPS) is 10.9. The van der Waals surface area contributed by atoms with Crippen molar-refractivity contribution in [2.75, 3.05) is 0 Å². The fraction of sp³-hybridized carbons (Fsp3) is 0.429. The second kappa shape index (κ2) is 2.40. The highest BCUT2D eigenvalue weighted by atomic mass is 19.3. The highest BCUT2D eigenvalue weighted by molar-refractivity contribution is 5.29. The number of alkyl halides is 2. The summed E-state index contributed by atoms with van der Waals surface area (Å²) < 4.78 is 24.2. The molecular formula is C7H9F2N. The van der Waals surface area contributed by atoms with E-state index in [9.17, 15) is 8.78 Å². The molecule has 3 heteroatoms. The van der Waals surface area contributed by atoms with Crippen molar-refractivity contribution in [1.82, 2.24) is 4.98 Å². The fourth-order valence-electron chi connectivity index (χ4n) is 1.00. The molecule has 1 N–H and O–H groups in total. The van der Waals surface area contributed by atoms with Gasteiger partial charge in [-0.15, -0.1) is 0 Å². The third kappa shape index (κ3) is 1.03. The summed E-state index contributed by atoms with van der Waals surface area (Å²) in [5, 5.41) is 0. The first-order valence-corrected chi connectivity index (χ1v) is 3.05. The molecule has 0 fully saturated rings. The van der Waals surface area contributed by atoms with Gasteiger partial charge in [-0.2, -0.15) is 0 Å². The van der Waals surface area contributed by atoms with E-state index in [2.05, 4.69) is 4.98 Å². The molecule has 56 valence electrons. The van der Waals surface area contributed by atoms with Crippen molar-refractivity contribution >= 4 is 0 Å². The van der Waals surface area contributed by atoms with Crippen LogP contribution in [0.2, 0.25) is 0 Å². The van der Waals surface area contributed by atoms with Crippen molar-refractivity contribution in [2.45, 2.75) is 20.3 Å². The van der Waals surface area contributed by atoms with E-state index < -0.39 is 6.43 Å². The molecule has 0 spiro atoms. The van der Waals surface area contributed by atoms with E-state index in [1.807, 2.05) is 0 Å². The highest BCUT2D eigenvalue weighted by Gasteiger charge is 2.13. The molecule has 0 radical (unpaired) electrons. The Balaban J connectivity index is 3.10. The summed E-state index contributed by atoms with van der Waals surface area (Å²) in [5.41, 5.74) is 1.33. The standard InChI is InChI=1S/C7H9F2N/c1-4-3-10-5(2)6(4)7(8)9/h3,7,10H,1-2H3. The smallest absolute Gasteiger partial charge is 0.265 e. The molecule has 0 bridgehead atoms. The summed E-state index contributed by atoms with van der Waals surface area (Å²) >= 11 is 0. The van der Waals surface area contributed by atoms with Gasteiger partial charge in [-0.25, -0.2) is 8.78 Å². The fourth-order valence-corrected chi connectivity index (χ4v) is 1.00. The zero-order chi connectivity index (χ0) is 7.72. The Hall–Kier alpha value is -0.860. The maximum atomic E-state index is 12.1. The van der Waals surface area contributed by atoms with Crippen LogP contribution in [0.25, 0.3) is 0 Å². The van der Waals surface area contributed by atoms with E-state index in [-0.39, 0.29) is 5.56 Å². The SMILES string of the molecule is Cc1c[nH]c(C)c1C(F)F. The van der Waals surface area contributed by atoms with E-state index in [1.165, 1.54) is 0 Å². The molecule has 0 saturated carbocycles. The molecule has 0 aliphatic rings. The minimum Gasteiger partial charge on any atom is -0.365 e. The lowest BCUT2D eigenvalue weighted by atomic mass is 10.2. The summed E-state index contributed by atoms with van der Waals surface area (Å²) in [6.07, 6.45) is -0.761. The van der Waals surface area contributed by atoms with Gasteiger partial charge in [0.05, 0.1) is 0 Å². The minimum absolute atomic E-state index is 0.139. The Kier molecular flexibility index (Phi) is 1.74. The van der Waals surface area contributed by atoms with Gasteiger partial charge in [-0.05, 0) is 19.4 Å². The Morgan fingerprint density at radius 2 is 2.00 bits per heavy atom. The van der Waals surface area contributed by atoms with Crippen LogP contribution in [-0.4, -0.2) is 4.98 Å². The minimum atomic E-state index is -2.36. The van der Waals surface area contributed by atoms with Crippen LogP contribution in [0.3, 0.4) is 0 Å². The average molecular weight is 145 g/mol. The summed E-state index contributed by atoms with van der Waals surface area (Å²) in [5.74, 6) is 0. The third-order valence-corrected chi connectivity index (χ3v) is 1.55. The van der Waals surface area contributed by atoms with Gasteiger partial charge in [0.25, 0.3) is 6.43 Å². The van der Waals surface area contributed by atoms with Crippen LogP contribution in [0.5, 0.6) is 0 Å². The van der Waals surface area contributed by atoms with Crippen LogP contribution in [-0.2, 0) is 0 Å². The number of H-pyrrole nitrogens is 1. The summed E-state index contributed by atoms with van der Waals surface area (Å²) in [4.78, 5) is 2.74. The Bertz CT molecular complexity index is 208. The molecular weight excluding hydrogens is 136 g/mol. The van der Waals surface area contributed by atoms with Gasteiger partial charge in [0.2, 0.25) is 0 Å². The number of aromatic amines is 1. The van der Waals surface area contributed by atoms with Gasteiger partial charge in [0.15, 0.2) is 0 Å². The monoisotopic (exact) mass is 145 g/mol. The lowest BCUT2D eigenvalue weighted by Gasteiger charge is -1.97. The molecule has 1 rings (SSSR count). The van der Waals surface area contributed by atoms with Crippen LogP contribution in [0.1, 0.15) is 23.2 Å². The lowest BCUT2D eigenvalue weighted by Crippen LogP contribution is -1.86. The van der Waals surface area contributed by atoms with E-state index in [4.69, 9.17) is 0 Å². The van der Waals surface area contributed by atoms with E-state index in [0.717, 1.165) is 0 Å². The van der Waals surface area contributed by atoms with Gasteiger partial charge in [-0.3, -0.25) is 0 Å². The van der Waals surface area contributed by atoms with Crippen LogP contribution in [0.4, 0.5) is 8.78 Å². The number of nitrogens with one attached hydrogen (secondary N) is 1. The predicted molar refractivity (Wildman–Crippen MR) is 35.2 cm³/mol. The second-order valence-electron chi connectivity index (χ2n) is 2.31. The summed E-state index contributed by atoms with van der Waals surface area (Å²) in [7, 11) is 0. The number of aromatic nitrogens is 1. The molecule has 1 aromatic rings. The molecule has 0 saturated heterocycles. The average Bonchev–Trinajstić information content (AvgIpc) is 2.11. The first-order chi connectivity index (χ1) is 4.63. The van der Waals surface area contributed by atoms with Crippen LogP contribution in [0.15, 0.2) is 6.20 Å². The Morgan fingerprint density at radius 3 is 2.20 bits per heavy atom. The molecule has 1 nitrogen and oxygen atoms in total. The first-order valence-electron chi connectivity index (χ1n) is 3.05. The molecule has 0 aromatic carbocycles. The number of rotatable bonds is 1. The van der Waals surface area contributed by atoms with E-state index in [0.29, 0.717) is 11.3 Å². The number of aryl methyl sites for hydroxylation is 2. The molecule has 1 aromatic heterocycles. The van der Waals surface area contributed by atoms with Crippen LogP contribution < -0.4 is 0 Å². The van der Waals surface area contributed by atoms with Crippen molar-refractivity contribution in [3.63, 3.8) is 0 Å². The predicted octanol–water partition coefficient (Wildman–Crippen LogP) is 2.57. The molecule has 0 aliphatic heterocycles. The molecule has 0 aliphatic carbocycles. The van der Waals surface area contributed by atoms with Crippen LogP contribution >= 0.6 is 0 Å². The Morgan fingerprint density at radius 1 is 1.40 bits per heavy atom. The molecule has 0 atom stereocenters. The quantitative estimate of drug-likeness (QED) is 0.625. The second-order valence-corrected chi connectivity index (χ2v) is 2.31. The summed E-state index contributed by atoms with van der Waals surface area (Å²) in [6.45, 7) is 3.32.